The summed E-state index contributed by atoms with van der Waals surface area (Å²) in [7, 11) is 2.65. The molecule has 0 spiro atoms. The molecule has 0 aliphatic heterocycles. The minimum absolute atomic E-state index is 0.0374. The van der Waals surface area contributed by atoms with Crippen molar-refractivity contribution in [1.82, 2.24) is 0 Å². The third-order valence-corrected chi connectivity index (χ3v) is 5.91. The molecule has 0 aromatic heterocycles. The maximum absolute atomic E-state index is 12.4. The molecule has 0 saturated heterocycles. The second kappa shape index (κ2) is 8.91. The third kappa shape index (κ3) is 4.48. The fraction of sp³-hybridized carbons (Fsp3) is 0.278. The van der Waals surface area contributed by atoms with Gasteiger partial charge in [-0.2, -0.15) is 0 Å². The lowest BCUT2D eigenvalue weighted by atomic mass is 9.85. The number of rotatable bonds is 6. The Morgan fingerprint density at radius 3 is 2.19 bits per heavy atom. The summed E-state index contributed by atoms with van der Waals surface area (Å²) in [4.78, 5) is 12.4. The highest BCUT2D eigenvalue weighted by atomic mass is 79.9. The number of esters is 1. The molecular weight excluding hydrogens is 552 g/mol. The molecule has 9 heteroatoms. The number of hydrogen-bond donors (Lipinski definition) is 3. The normalized spacial score (nSPS) is 14.3. The van der Waals surface area contributed by atoms with E-state index in [0.29, 0.717) is 15.8 Å². The molecule has 27 heavy (non-hydrogen) atoms. The molecule has 0 unspecified atom stereocenters. The topological polar surface area (TPSA) is 96.2 Å². The van der Waals surface area contributed by atoms with Gasteiger partial charge in [-0.25, -0.2) is 4.79 Å². The number of benzene rings is 2. The van der Waals surface area contributed by atoms with Crippen LogP contribution in [-0.4, -0.2) is 41.6 Å². The van der Waals surface area contributed by atoms with Crippen molar-refractivity contribution in [3.8, 4) is 11.5 Å². The minimum atomic E-state index is -2.35. The highest BCUT2D eigenvalue weighted by molar-refractivity contribution is 9.11. The van der Waals surface area contributed by atoms with Crippen molar-refractivity contribution >= 4 is 53.8 Å². The Labute approximate surface area is 181 Å². The number of carbonyl (C=O) groups is 1. The first-order chi connectivity index (χ1) is 12.6. The first kappa shape index (κ1) is 22.2. The van der Waals surface area contributed by atoms with Crippen LogP contribution in [0.5, 0.6) is 11.5 Å². The van der Waals surface area contributed by atoms with Gasteiger partial charge in [0.15, 0.2) is 0 Å². The number of phenols is 1. The smallest absolute Gasteiger partial charge is 0.345 e. The van der Waals surface area contributed by atoms with E-state index in [0.717, 1.165) is 7.11 Å². The van der Waals surface area contributed by atoms with Crippen LogP contribution in [0.15, 0.2) is 43.7 Å². The van der Waals surface area contributed by atoms with E-state index in [1.165, 1.54) is 19.2 Å². The molecule has 146 valence electrons. The summed E-state index contributed by atoms with van der Waals surface area (Å²) < 4.78 is 11.1. The van der Waals surface area contributed by atoms with Gasteiger partial charge in [-0.15, -0.1) is 0 Å². The third-order valence-electron chi connectivity index (χ3n) is 4.08. The van der Waals surface area contributed by atoms with E-state index in [1.54, 1.807) is 18.2 Å². The molecule has 6 nitrogen and oxygen atoms in total. The largest absolute Gasteiger partial charge is 0.506 e. The van der Waals surface area contributed by atoms with Gasteiger partial charge < -0.3 is 24.8 Å². The van der Waals surface area contributed by atoms with Crippen LogP contribution in [0, 0.1) is 0 Å². The lowest BCUT2D eigenvalue weighted by molar-refractivity contribution is -0.177. The van der Waals surface area contributed by atoms with Crippen LogP contribution >= 0.6 is 47.8 Å². The molecule has 2 atom stereocenters. The lowest BCUT2D eigenvalue weighted by Crippen LogP contribution is -2.48. The van der Waals surface area contributed by atoms with Gasteiger partial charge >= 0.3 is 5.97 Å². The number of ether oxygens (including phenoxy) is 2. The fourth-order valence-electron chi connectivity index (χ4n) is 2.60. The van der Waals surface area contributed by atoms with Crippen molar-refractivity contribution in [2.75, 3.05) is 14.2 Å². The van der Waals surface area contributed by atoms with Crippen LogP contribution in [0.4, 0.5) is 0 Å². The van der Waals surface area contributed by atoms with Crippen molar-refractivity contribution in [2.24, 2.45) is 0 Å². The van der Waals surface area contributed by atoms with Gasteiger partial charge in [-0.3, -0.25) is 0 Å². The van der Waals surface area contributed by atoms with Crippen molar-refractivity contribution in [3.63, 3.8) is 0 Å². The van der Waals surface area contributed by atoms with E-state index in [2.05, 4.69) is 47.8 Å². The van der Waals surface area contributed by atoms with Gasteiger partial charge in [-0.1, -0.05) is 6.07 Å². The molecule has 0 amide bonds. The first-order valence-electron chi connectivity index (χ1n) is 7.64. The van der Waals surface area contributed by atoms with E-state index in [9.17, 15) is 20.1 Å². The van der Waals surface area contributed by atoms with E-state index >= 15 is 0 Å². The molecule has 0 saturated carbocycles. The summed E-state index contributed by atoms with van der Waals surface area (Å²) in [5.41, 5.74) is -1.62. The van der Waals surface area contributed by atoms with Gasteiger partial charge in [0.1, 0.15) is 17.6 Å². The van der Waals surface area contributed by atoms with Crippen LogP contribution in [0.1, 0.15) is 11.1 Å². The predicted octanol–water partition coefficient (Wildman–Crippen LogP) is 3.65. The minimum Gasteiger partial charge on any atom is -0.506 e. The Morgan fingerprint density at radius 1 is 1.11 bits per heavy atom. The number of hydrogen-bond acceptors (Lipinski definition) is 6. The number of halogens is 3. The maximum atomic E-state index is 12.4. The molecule has 2 rings (SSSR count). The van der Waals surface area contributed by atoms with Gasteiger partial charge in [-0.05, 0) is 83.2 Å². The highest BCUT2D eigenvalue weighted by Gasteiger charge is 2.47. The Bertz CT molecular complexity index is 834. The van der Waals surface area contributed by atoms with Crippen LogP contribution in [0.3, 0.4) is 0 Å². The summed E-state index contributed by atoms with van der Waals surface area (Å²) in [6.45, 7) is 0. The van der Waals surface area contributed by atoms with Gasteiger partial charge in [0.2, 0.25) is 5.60 Å². The lowest BCUT2D eigenvalue weighted by Gasteiger charge is -2.31. The van der Waals surface area contributed by atoms with Crippen molar-refractivity contribution in [3.05, 3.63) is 54.9 Å². The molecular formula is C18H17Br3O6. The zero-order valence-corrected chi connectivity index (χ0v) is 19.1. The predicted molar refractivity (Wildman–Crippen MR) is 110 cm³/mol. The standard InChI is InChI=1S/C18H17Br3O6/c1-26-14-4-3-9(5-11(14)19)6-15(22)18(25,17(24)27-2)10-7-12(20)16(23)13(21)8-10/h3-5,7-8,15,22-23,25H,6H2,1-2H3/t15-,18-/m0/s1. The Morgan fingerprint density at radius 2 is 1.70 bits per heavy atom. The molecule has 0 radical (unpaired) electrons. The maximum Gasteiger partial charge on any atom is 0.345 e. The monoisotopic (exact) mass is 566 g/mol. The summed E-state index contributed by atoms with van der Waals surface area (Å²) >= 11 is 9.67. The van der Waals surface area contributed by atoms with Crippen molar-refractivity contribution in [2.45, 2.75) is 18.1 Å². The van der Waals surface area contributed by atoms with Crippen molar-refractivity contribution in [1.29, 1.82) is 0 Å². The van der Waals surface area contributed by atoms with E-state index in [1.807, 2.05) is 0 Å². The molecule has 3 N–H and O–H groups in total. The Balaban J connectivity index is 2.46. The summed E-state index contributed by atoms with van der Waals surface area (Å²) in [5.74, 6) is -0.505. The molecule has 0 heterocycles. The van der Waals surface area contributed by atoms with E-state index < -0.39 is 17.7 Å². The number of aliphatic hydroxyl groups excluding tert-OH is 1. The van der Waals surface area contributed by atoms with Crippen LogP contribution in [0.2, 0.25) is 0 Å². The first-order valence-corrected chi connectivity index (χ1v) is 10.0. The molecule has 2 aromatic rings. The number of methoxy groups -OCH3 is 2. The van der Waals surface area contributed by atoms with Crippen LogP contribution in [0.25, 0.3) is 0 Å². The Hall–Kier alpha value is -1.13. The molecule has 2 aromatic carbocycles. The van der Waals surface area contributed by atoms with Crippen LogP contribution < -0.4 is 4.74 Å². The SMILES string of the molecule is COC(=O)[C@](O)(c1cc(Br)c(O)c(Br)c1)[C@@H](O)Cc1ccc(OC)c(Br)c1. The fourth-order valence-corrected chi connectivity index (χ4v) is 4.37. The number of aromatic hydroxyl groups is 1. The molecule has 0 bridgehead atoms. The average molecular weight is 569 g/mol. The quantitative estimate of drug-likeness (QED) is 0.461. The van der Waals surface area contributed by atoms with E-state index in [4.69, 9.17) is 9.47 Å². The second-order valence-electron chi connectivity index (χ2n) is 5.74. The Kier molecular flexibility index (Phi) is 7.32. The number of carbonyl (C=O) groups excluding carboxylic acids is 1. The van der Waals surface area contributed by atoms with Gasteiger partial charge in [0, 0.05) is 6.42 Å². The van der Waals surface area contributed by atoms with E-state index in [-0.39, 0.29) is 26.7 Å². The highest BCUT2D eigenvalue weighted by Crippen LogP contribution is 2.39. The average Bonchev–Trinajstić information content (AvgIpc) is 2.64. The summed E-state index contributed by atoms with van der Waals surface area (Å²) in [6.07, 6.45) is -1.56. The van der Waals surface area contributed by atoms with Crippen LogP contribution in [-0.2, 0) is 21.6 Å². The zero-order chi connectivity index (χ0) is 20.4. The summed E-state index contributed by atoms with van der Waals surface area (Å²) in [5, 5.41) is 31.7. The number of phenolic OH excluding ortho intramolecular Hbond substituents is 1. The number of aliphatic hydroxyl groups is 2. The molecule has 0 aliphatic rings. The zero-order valence-electron chi connectivity index (χ0n) is 14.4. The molecule has 0 fully saturated rings. The summed E-state index contributed by atoms with van der Waals surface area (Å²) in [6, 6.07) is 7.85. The molecule has 0 aliphatic carbocycles. The second-order valence-corrected chi connectivity index (χ2v) is 8.30. The van der Waals surface area contributed by atoms with Crippen molar-refractivity contribution < 1.29 is 29.6 Å². The van der Waals surface area contributed by atoms with Gasteiger partial charge in [0.25, 0.3) is 0 Å². The van der Waals surface area contributed by atoms with Gasteiger partial charge in [0.05, 0.1) is 27.6 Å².